The molecule has 0 aromatic rings. The van der Waals surface area contributed by atoms with Crippen LogP contribution in [0.25, 0.3) is 0 Å². The van der Waals surface area contributed by atoms with Crippen LogP contribution in [0.5, 0.6) is 0 Å². The molecule has 1 heterocycles. The topological polar surface area (TPSA) is 93.4 Å². The number of rotatable bonds is 9. The molecule has 1 aliphatic rings. The highest BCUT2D eigenvalue weighted by atomic mass is 16.4. The van der Waals surface area contributed by atoms with Crippen molar-refractivity contribution in [2.45, 2.75) is 19.8 Å². The number of carbonyl (C=O) groups is 2. The zero-order valence-electron chi connectivity index (χ0n) is 11.2. The molecule has 0 aromatic carbocycles. The van der Waals surface area contributed by atoms with Gasteiger partial charge in [0, 0.05) is 32.7 Å². The Morgan fingerprint density at radius 2 is 1.79 bits per heavy atom. The normalized spacial score (nSPS) is 14.8. The Hall–Kier alpha value is -1.63. The molecule has 108 valence electrons. The second-order valence-electron chi connectivity index (χ2n) is 4.55. The van der Waals surface area contributed by atoms with E-state index in [0.717, 1.165) is 25.5 Å². The van der Waals surface area contributed by atoms with E-state index in [0.29, 0.717) is 19.6 Å². The lowest BCUT2D eigenvalue weighted by Crippen LogP contribution is -2.38. The summed E-state index contributed by atoms with van der Waals surface area (Å²) in [6.07, 6.45) is 0.0688. The van der Waals surface area contributed by atoms with Gasteiger partial charge in [0.2, 0.25) is 0 Å². The number of carboxylic acids is 2. The van der Waals surface area contributed by atoms with Gasteiger partial charge in [-0.25, -0.2) is 0 Å². The second kappa shape index (κ2) is 7.73. The molecule has 0 bridgehead atoms. The molecule has 0 spiro atoms. The van der Waals surface area contributed by atoms with Crippen LogP contribution >= 0.6 is 0 Å². The van der Waals surface area contributed by atoms with Crippen molar-refractivity contribution in [2.75, 3.05) is 39.3 Å². The van der Waals surface area contributed by atoms with E-state index in [1.807, 2.05) is 11.8 Å². The van der Waals surface area contributed by atoms with Crippen molar-refractivity contribution in [3.8, 4) is 0 Å². The van der Waals surface area contributed by atoms with Crippen LogP contribution in [-0.2, 0) is 9.59 Å². The van der Waals surface area contributed by atoms with Gasteiger partial charge in [-0.05, 0) is 6.92 Å². The molecule has 0 aliphatic carbocycles. The molecule has 0 amide bonds. The van der Waals surface area contributed by atoms with Gasteiger partial charge in [0.05, 0.1) is 25.2 Å². The minimum Gasteiger partial charge on any atom is -0.481 e. The lowest BCUT2D eigenvalue weighted by Gasteiger charge is -2.25. The van der Waals surface area contributed by atoms with Crippen molar-refractivity contribution in [1.29, 1.82) is 0 Å². The van der Waals surface area contributed by atoms with Crippen LogP contribution in [0.2, 0.25) is 0 Å². The fraction of sp³-hybridized carbons (Fsp3) is 0.750. The Morgan fingerprint density at radius 1 is 1.21 bits per heavy atom. The van der Waals surface area contributed by atoms with Crippen LogP contribution in [0.1, 0.15) is 19.8 Å². The summed E-state index contributed by atoms with van der Waals surface area (Å²) in [6, 6.07) is 0. The average Bonchev–Trinajstić information content (AvgIpc) is 2.73. The van der Waals surface area contributed by atoms with E-state index < -0.39 is 11.9 Å². The number of amidine groups is 1. The number of aliphatic imine (C=N–C) groups is 1. The average molecular weight is 271 g/mol. The zero-order valence-corrected chi connectivity index (χ0v) is 11.2. The summed E-state index contributed by atoms with van der Waals surface area (Å²) in [5, 5.41) is 17.4. The zero-order chi connectivity index (χ0) is 14.3. The highest BCUT2D eigenvalue weighted by Crippen LogP contribution is 2.02. The van der Waals surface area contributed by atoms with Gasteiger partial charge in [0.1, 0.15) is 0 Å². The molecule has 0 atom stereocenters. The first-order chi connectivity index (χ1) is 8.99. The summed E-state index contributed by atoms with van der Waals surface area (Å²) >= 11 is 0. The Labute approximate surface area is 112 Å². The molecule has 7 heteroatoms. The van der Waals surface area contributed by atoms with Gasteiger partial charge >= 0.3 is 11.9 Å². The number of nitrogens with zero attached hydrogens (tertiary/aromatic N) is 3. The molecule has 1 rings (SSSR count). The third-order valence-electron chi connectivity index (χ3n) is 3.14. The van der Waals surface area contributed by atoms with E-state index in [1.54, 1.807) is 0 Å². The largest absolute Gasteiger partial charge is 0.481 e. The molecular weight excluding hydrogens is 250 g/mol. The van der Waals surface area contributed by atoms with Gasteiger partial charge in [-0.15, -0.1) is 0 Å². The minimum absolute atomic E-state index is 0.0344. The first kappa shape index (κ1) is 15.4. The van der Waals surface area contributed by atoms with E-state index in [1.165, 1.54) is 0 Å². The summed E-state index contributed by atoms with van der Waals surface area (Å²) in [7, 11) is 0. The van der Waals surface area contributed by atoms with Crippen molar-refractivity contribution in [1.82, 2.24) is 9.80 Å². The number of hydrogen-bond acceptors (Lipinski definition) is 5. The molecule has 0 aromatic heterocycles. The van der Waals surface area contributed by atoms with E-state index in [-0.39, 0.29) is 12.8 Å². The van der Waals surface area contributed by atoms with Crippen molar-refractivity contribution < 1.29 is 19.8 Å². The van der Waals surface area contributed by atoms with E-state index >= 15 is 0 Å². The van der Waals surface area contributed by atoms with Crippen molar-refractivity contribution >= 4 is 17.8 Å². The van der Waals surface area contributed by atoms with Crippen molar-refractivity contribution in [2.24, 2.45) is 4.99 Å². The van der Waals surface area contributed by atoms with Gasteiger partial charge in [-0.2, -0.15) is 0 Å². The lowest BCUT2D eigenvalue weighted by molar-refractivity contribution is -0.137. The summed E-state index contributed by atoms with van der Waals surface area (Å²) < 4.78 is 0. The maximum absolute atomic E-state index is 10.6. The summed E-state index contributed by atoms with van der Waals surface area (Å²) in [5.74, 6) is -0.727. The smallest absolute Gasteiger partial charge is 0.304 e. The Morgan fingerprint density at radius 3 is 2.21 bits per heavy atom. The van der Waals surface area contributed by atoms with Crippen molar-refractivity contribution in [3.63, 3.8) is 0 Å². The fourth-order valence-electron chi connectivity index (χ4n) is 1.97. The van der Waals surface area contributed by atoms with Crippen LogP contribution in [0.3, 0.4) is 0 Å². The first-order valence-corrected chi connectivity index (χ1v) is 6.41. The van der Waals surface area contributed by atoms with Crippen LogP contribution < -0.4 is 0 Å². The fourth-order valence-corrected chi connectivity index (χ4v) is 1.97. The maximum atomic E-state index is 10.6. The third-order valence-corrected chi connectivity index (χ3v) is 3.14. The Kier molecular flexibility index (Phi) is 6.27. The monoisotopic (exact) mass is 271 g/mol. The van der Waals surface area contributed by atoms with Crippen LogP contribution in [0.4, 0.5) is 0 Å². The Balaban J connectivity index is 2.36. The SMILES string of the molecule is CC1=NCCN1CCN(CCC(=O)O)CCC(=O)O. The molecular formula is C12H21N3O4. The first-order valence-electron chi connectivity index (χ1n) is 6.41. The summed E-state index contributed by atoms with van der Waals surface area (Å²) in [5.41, 5.74) is 0. The van der Waals surface area contributed by atoms with E-state index in [4.69, 9.17) is 10.2 Å². The van der Waals surface area contributed by atoms with Gasteiger partial charge < -0.3 is 20.0 Å². The lowest BCUT2D eigenvalue weighted by atomic mass is 10.3. The molecule has 0 radical (unpaired) electrons. The third kappa shape index (κ3) is 6.19. The molecule has 7 nitrogen and oxygen atoms in total. The van der Waals surface area contributed by atoms with Crippen LogP contribution in [0, 0.1) is 0 Å². The van der Waals surface area contributed by atoms with E-state index in [2.05, 4.69) is 9.89 Å². The van der Waals surface area contributed by atoms with Crippen LogP contribution in [-0.4, -0.2) is 77.1 Å². The van der Waals surface area contributed by atoms with Gasteiger partial charge in [-0.1, -0.05) is 0 Å². The Bertz CT molecular complexity index is 339. The highest BCUT2D eigenvalue weighted by Gasteiger charge is 2.15. The van der Waals surface area contributed by atoms with Gasteiger partial charge in [0.15, 0.2) is 0 Å². The van der Waals surface area contributed by atoms with Gasteiger partial charge in [0.25, 0.3) is 0 Å². The standard InChI is InChI=1S/C12H21N3O4/c1-10-13-4-7-15(10)9-8-14(5-2-11(16)17)6-3-12(18)19/h2-9H2,1H3,(H,16,17)(H,18,19). The van der Waals surface area contributed by atoms with Crippen molar-refractivity contribution in [3.05, 3.63) is 0 Å². The summed E-state index contributed by atoms with van der Waals surface area (Å²) in [6.45, 7) is 5.82. The maximum Gasteiger partial charge on any atom is 0.304 e. The van der Waals surface area contributed by atoms with Gasteiger partial charge in [-0.3, -0.25) is 14.6 Å². The predicted molar refractivity (Wildman–Crippen MR) is 70.5 cm³/mol. The van der Waals surface area contributed by atoms with Crippen LogP contribution in [0.15, 0.2) is 4.99 Å². The quantitative estimate of drug-likeness (QED) is 0.612. The predicted octanol–water partition coefficient (Wildman–Crippen LogP) is -0.0282. The minimum atomic E-state index is -0.862. The number of hydrogen-bond donors (Lipinski definition) is 2. The second-order valence-corrected chi connectivity index (χ2v) is 4.55. The molecule has 19 heavy (non-hydrogen) atoms. The molecule has 2 N–H and O–H groups in total. The molecule has 0 fully saturated rings. The highest BCUT2D eigenvalue weighted by molar-refractivity contribution is 5.81. The van der Waals surface area contributed by atoms with E-state index in [9.17, 15) is 9.59 Å². The number of aliphatic carboxylic acids is 2. The number of carboxylic acid groups (broad SMARTS) is 2. The molecule has 0 saturated heterocycles. The molecule has 0 unspecified atom stereocenters. The summed E-state index contributed by atoms with van der Waals surface area (Å²) in [4.78, 5) is 29.5. The molecule has 1 aliphatic heterocycles. The molecule has 0 saturated carbocycles.